The normalized spacial score (nSPS) is 18.6. The molecule has 3 rings (SSSR count). The average molecular weight is 284 g/mol. The third-order valence-corrected chi connectivity index (χ3v) is 3.99. The molecule has 0 bridgehead atoms. The smallest absolute Gasteiger partial charge is 0.123 e. The van der Waals surface area contributed by atoms with Crippen LogP contribution < -0.4 is 21.7 Å². The summed E-state index contributed by atoms with van der Waals surface area (Å²) in [5.74, 6) is 7.61. The molecule has 1 aromatic heterocycles. The van der Waals surface area contributed by atoms with E-state index < -0.39 is 0 Å². The molecule has 0 radical (unpaired) electrons. The highest BCUT2D eigenvalue weighted by Gasteiger charge is 2.26. The minimum Gasteiger partial charge on any atom is -0.493 e. The fourth-order valence-electron chi connectivity index (χ4n) is 2.85. The van der Waals surface area contributed by atoms with Crippen LogP contribution in [0, 0.1) is 5.92 Å². The minimum atomic E-state index is 0.139. The van der Waals surface area contributed by atoms with Gasteiger partial charge in [0.05, 0.1) is 6.61 Å². The number of nitrogens with one attached hydrogen (secondary N) is 1. The van der Waals surface area contributed by atoms with Crippen molar-refractivity contribution >= 4 is 5.82 Å². The second-order valence-electron chi connectivity index (χ2n) is 5.45. The molecule has 2 unspecified atom stereocenters. The van der Waals surface area contributed by atoms with Gasteiger partial charge in [-0.1, -0.05) is 18.2 Å². The number of aromatic nitrogens is 1. The molecule has 1 aliphatic heterocycles. The van der Waals surface area contributed by atoms with Gasteiger partial charge in [-0.15, -0.1) is 0 Å². The fourth-order valence-corrected chi connectivity index (χ4v) is 2.85. The number of para-hydroxylation sites is 1. The predicted molar refractivity (Wildman–Crippen MR) is 82.6 cm³/mol. The van der Waals surface area contributed by atoms with Gasteiger partial charge in [0, 0.05) is 18.2 Å². The number of pyridine rings is 1. The van der Waals surface area contributed by atoms with Crippen LogP contribution in [0.4, 0.5) is 5.82 Å². The molecule has 2 aromatic rings. The number of nitrogen functional groups attached to an aromatic ring is 1. The standard InChI is InChI=1S/C16H20N4O/c17-16-8-11(5-6-19-16)7-14(20-18)13-9-12-3-1-2-4-15(12)21-10-13/h1-6,8,13-14,20H,7,9-10,18H2,(H2,17,19). The zero-order valence-corrected chi connectivity index (χ0v) is 11.8. The Morgan fingerprint density at radius 1 is 1.33 bits per heavy atom. The molecule has 0 saturated heterocycles. The van der Waals surface area contributed by atoms with Crippen LogP contribution >= 0.6 is 0 Å². The third kappa shape index (κ3) is 3.15. The molecule has 2 atom stereocenters. The van der Waals surface area contributed by atoms with Gasteiger partial charge in [0.15, 0.2) is 0 Å². The van der Waals surface area contributed by atoms with Crippen molar-refractivity contribution < 1.29 is 4.74 Å². The zero-order chi connectivity index (χ0) is 14.7. The van der Waals surface area contributed by atoms with Crippen LogP contribution in [0.25, 0.3) is 0 Å². The number of ether oxygens (including phenoxy) is 1. The number of hydrazine groups is 1. The van der Waals surface area contributed by atoms with Gasteiger partial charge in [-0.3, -0.25) is 11.3 Å². The molecule has 110 valence electrons. The Balaban J connectivity index is 1.73. The molecule has 21 heavy (non-hydrogen) atoms. The van der Waals surface area contributed by atoms with E-state index in [0.717, 1.165) is 24.2 Å². The molecule has 0 spiro atoms. The van der Waals surface area contributed by atoms with Crippen molar-refractivity contribution in [3.63, 3.8) is 0 Å². The molecule has 5 heteroatoms. The molecule has 0 amide bonds. The Morgan fingerprint density at radius 3 is 3.00 bits per heavy atom. The zero-order valence-electron chi connectivity index (χ0n) is 11.8. The van der Waals surface area contributed by atoms with E-state index in [1.807, 2.05) is 30.3 Å². The number of anilines is 1. The van der Waals surface area contributed by atoms with Crippen molar-refractivity contribution in [2.45, 2.75) is 18.9 Å². The molecule has 2 heterocycles. The summed E-state index contributed by atoms with van der Waals surface area (Å²) in [6, 6.07) is 12.2. The first kappa shape index (κ1) is 13.9. The van der Waals surface area contributed by atoms with Gasteiger partial charge in [0.2, 0.25) is 0 Å². The van der Waals surface area contributed by atoms with Crippen LogP contribution in [0.1, 0.15) is 11.1 Å². The molecular weight excluding hydrogens is 264 g/mol. The van der Waals surface area contributed by atoms with Gasteiger partial charge in [0.25, 0.3) is 0 Å². The highest BCUT2D eigenvalue weighted by molar-refractivity contribution is 5.36. The maximum absolute atomic E-state index is 5.85. The van der Waals surface area contributed by atoms with E-state index >= 15 is 0 Å². The van der Waals surface area contributed by atoms with Gasteiger partial charge in [-0.25, -0.2) is 4.98 Å². The lowest BCUT2D eigenvalue weighted by Gasteiger charge is -2.31. The summed E-state index contributed by atoms with van der Waals surface area (Å²) in [6.07, 6.45) is 3.50. The van der Waals surface area contributed by atoms with E-state index in [0.29, 0.717) is 18.3 Å². The van der Waals surface area contributed by atoms with E-state index in [9.17, 15) is 0 Å². The van der Waals surface area contributed by atoms with Crippen molar-refractivity contribution in [1.29, 1.82) is 0 Å². The average Bonchev–Trinajstić information content (AvgIpc) is 2.52. The first-order chi connectivity index (χ1) is 10.3. The van der Waals surface area contributed by atoms with Crippen LogP contribution in [-0.2, 0) is 12.8 Å². The van der Waals surface area contributed by atoms with E-state index in [-0.39, 0.29) is 6.04 Å². The number of nitrogens with two attached hydrogens (primary N) is 2. The van der Waals surface area contributed by atoms with Crippen LogP contribution in [-0.4, -0.2) is 17.6 Å². The largest absolute Gasteiger partial charge is 0.493 e. The van der Waals surface area contributed by atoms with Gasteiger partial charge in [-0.05, 0) is 42.2 Å². The summed E-state index contributed by atoms with van der Waals surface area (Å²) in [6.45, 7) is 0.673. The minimum absolute atomic E-state index is 0.139. The summed E-state index contributed by atoms with van der Waals surface area (Å²) in [5, 5.41) is 0. The molecule has 5 nitrogen and oxygen atoms in total. The molecule has 5 N–H and O–H groups in total. The van der Waals surface area contributed by atoms with E-state index in [1.54, 1.807) is 6.20 Å². The molecular formula is C16H20N4O. The van der Waals surface area contributed by atoms with Crippen LogP contribution in [0.2, 0.25) is 0 Å². The number of hydrogen-bond donors (Lipinski definition) is 3. The maximum atomic E-state index is 5.85. The van der Waals surface area contributed by atoms with Crippen molar-refractivity contribution in [1.82, 2.24) is 10.4 Å². The number of fused-ring (bicyclic) bond motifs is 1. The Morgan fingerprint density at radius 2 is 2.19 bits per heavy atom. The number of rotatable bonds is 4. The number of hydrogen-bond acceptors (Lipinski definition) is 5. The summed E-state index contributed by atoms with van der Waals surface area (Å²) >= 11 is 0. The van der Waals surface area contributed by atoms with Gasteiger partial charge in [-0.2, -0.15) is 0 Å². The summed E-state index contributed by atoms with van der Waals surface area (Å²) < 4.78 is 5.85. The summed E-state index contributed by atoms with van der Waals surface area (Å²) in [7, 11) is 0. The SMILES string of the molecule is NNC(Cc1ccnc(N)c1)C1COc2ccccc2C1. The topological polar surface area (TPSA) is 86.2 Å². The number of nitrogens with zero attached hydrogens (tertiary/aromatic N) is 1. The van der Waals surface area contributed by atoms with Crippen LogP contribution in [0.5, 0.6) is 5.75 Å². The first-order valence-electron chi connectivity index (χ1n) is 7.13. The summed E-state index contributed by atoms with van der Waals surface area (Å²) in [5.41, 5.74) is 11.0. The van der Waals surface area contributed by atoms with Crippen molar-refractivity contribution in [2.75, 3.05) is 12.3 Å². The van der Waals surface area contributed by atoms with Gasteiger partial charge < -0.3 is 10.5 Å². The second-order valence-corrected chi connectivity index (χ2v) is 5.45. The monoisotopic (exact) mass is 284 g/mol. The highest BCUT2D eigenvalue weighted by atomic mass is 16.5. The lowest BCUT2D eigenvalue weighted by molar-refractivity contribution is 0.183. The number of benzene rings is 1. The molecule has 1 aliphatic rings. The molecule has 0 aliphatic carbocycles. The van der Waals surface area contributed by atoms with E-state index in [4.69, 9.17) is 16.3 Å². The third-order valence-electron chi connectivity index (χ3n) is 3.99. The quantitative estimate of drug-likeness (QED) is 0.582. The van der Waals surface area contributed by atoms with Crippen molar-refractivity contribution in [2.24, 2.45) is 11.8 Å². The Labute approximate surface area is 124 Å². The lowest BCUT2D eigenvalue weighted by Crippen LogP contribution is -2.46. The van der Waals surface area contributed by atoms with E-state index in [1.165, 1.54) is 5.56 Å². The summed E-state index contributed by atoms with van der Waals surface area (Å²) in [4.78, 5) is 4.02. The van der Waals surface area contributed by atoms with Gasteiger partial charge >= 0.3 is 0 Å². The predicted octanol–water partition coefficient (Wildman–Crippen LogP) is 1.29. The molecule has 0 saturated carbocycles. The molecule has 0 fully saturated rings. The van der Waals surface area contributed by atoms with Crippen molar-refractivity contribution in [3.8, 4) is 5.75 Å². The second kappa shape index (κ2) is 6.11. The van der Waals surface area contributed by atoms with Crippen molar-refractivity contribution in [3.05, 3.63) is 53.7 Å². The lowest BCUT2D eigenvalue weighted by atomic mass is 9.87. The fraction of sp³-hybridized carbons (Fsp3) is 0.312. The Hall–Kier alpha value is -2.11. The maximum Gasteiger partial charge on any atom is 0.123 e. The first-order valence-corrected chi connectivity index (χ1v) is 7.13. The Kier molecular flexibility index (Phi) is 4.03. The highest BCUT2D eigenvalue weighted by Crippen LogP contribution is 2.29. The molecule has 1 aromatic carbocycles. The van der Waals surface area contributed by atoms with Crippen LogP contribution in [0.15, 0.2) is 42.6 Å². The van der Waals surface area contributed by atoms with Crippen LogP contribution in [0.3, 0.4) is 0 Å². The van der Waals surface area contributed by atoms with Gasteiger partial charge in [0.1, 0.15) is 11.6 Å². The van der Waals surface area contributed by atoms with E-state index in [2.05, 4.69) is 16.5 Å². The Bertz CT molecular complexity index is 617.